The van der Waals surface area contributed by atoms with Gasteiger partial charge < -0.3 is 19.0 Å². The number of nitrogens with zero attached hydrogens (tertiary/aromatic N) is 1. The van der Waals surface area contributed by atoms with E-state index in [4.69, 9.17) is 25.5 Å². The molecule has 1 aromatic heterocycles. The van der Waals surface area contributed by atoms with Crippen LogP contribution >= 0.6 is 11.6 Å². The van der Waals surface area contributed by atoms with Crippen molar-refractivity contribution >= 4 is 34.7 Å². The number of aliphatic hydroxyl groups excluding tert-OH is 1. The second-order valence-electron chi connectivity index (χ2n) is 7.28. The Morgan fingerprint density at radius 2 is 1.73 bits per heavy atom. The number of hydrogen-bond acceptors (Lipinski definition) is 6. The number of methoxy groups -OCH3 is 2. The molecule has 0 spiro atoms. The van der Waals surface area contributed by atoms with Crippen molar-refractivity contribution in [1.29, 1.82) is 0 Å². The van der Waals surface area contributed by atoms with Crippen molar-refractivity contribution in [2.75, 3.05) is 19.1 Å². The third kappa shape index (κ3) is 3.82. The molecule has 1 fully saturated rings. The molecule has 33 heavy (non-hydrogen) atoms. The molecule has 170 valence electrons. The topological polar surface area (TPSA) is 89.2 Å². The highest BCUT2D eigenvalue weighted by Crippen LogP contribution is 2.45. The lowest BCUT2D eigenvalue weighted by Gasteiger charge is -2.23. The van der Waals surface area contributed by atoms with E-state index in [2.05, 4.69) is 0 Å². The van der Waals surface area contributed by atoms with Crippen LogP contribution in [0.3, 0.4) is 0 Å². The van der Waals surface area contributed by atoms with Gasteiger partial charge in [0.15, 0.2) is 0 Å². The van der Waals surface area contributed by atoms with Crippen LogP contribution in [0.15, 0.2) is 58.5 Å². The Morgan fingerprint density at radius 3 is 2.30 bits per heavy atom. The van der Waals surface area contributed by atoms with Crippen molar-refractivity contribution in [2.24, 2.45) is 0 Å². The molecule has 0 saturated carbocycles. The number of anilines is 1. The Bertz CT molecular complexity index is 1280. The number of Topliss-reactive ketones (excluding diaryl/α,β-unsaturated/α-hetero) is 1. The molecule has 0 bridgehead atoms. The van der Waals surface area contributed by atoms with Gasteiger partial charge in [0.25, 0.3) is 11.7 Å². The summed E-state index contributed by atoms with van der Waals surface area (Å²) in [7, 11) is 2.77. The fourth-order valence-electron chi connectivity index (χ4n) is 3.76. The number of amides is 1. The van der Waals surface area contributed by atoms with Crippen LogP contribution in [0.2, 0.25) is 5.02 Å². The summed E-state index contributed by atoms with van der Waals surface area (Å²) in [5, 5.41) is 11.5. The number of carbonyl (C=O) groups excluding carboxylic acids is 2. The van der Waals surface area contributed by atoms with Crippen molar-refractivity contribution in [1.82, 2.24) is 0 Å². The summed E-state index contributed by atoms with van der Waals surface area (Å²) in [6, 6.07) is 10.1. The normalized spacial score (nSPS) is 17.5. The van der Waals surface area contributed by atoms with Gasteiger partial charge in [0.05, 0.1) is 30.4 Å². The minimum atomic E-state index is -1.10. The number of ketones is 1. The molecular weight excluding hydrogens is 453 g/mol. The fourth-order valence-corrected chi connectivity index (χ4v) is 3.99. The molecular formula is C24H19ClFNO6. The van der Waals surface area contributed by atoms with E-state index >= 15 is 0 Å². The maximum atomic E-state index is 13.5. The molecule has 1 unspecified atom stereocenters. The third-order valence-corrected chi connectivity index (χ3v) is 5.60. The van der Waals surface area contributed by atoms with Crippen LogP contribution in [0.5, 0.6) is 11.5 Å². The zero-order valence-corrected chi connectivity index (χ0v) is 18.6. The molecule has 1 aliphatic heterocycles. The summed E-state index contributed by atoms with van der Waals surface area (Å²) >= 11 is 6.16. The average molecular weight is 472 g/mol. The first-order valence-corrected chi connectivity index (χ1v) is 10.2. The highest BCUT2D eigenvalue weighted by Gasteiger charge is 2.48. The molecule has 0 aliphatic carbocycles. The number of furan rings is 1. The average Bonchev–Trinajstić information content (AvgIpc) is 3.34. The van der Waals surface area contributed by atoms with Gasteiger partial charge >= 0.3 is 0 Å². The van der Waals surface area contributed by atoms with E-state index in [9.17, 15) is 19.1 Å². The lowest BCUT2D eigenvalue weighted by atomic mass is 9.98. The smallest absolute Gasteiger partial charge is 0.300 e. The molecule has 3 aromatic rings. The molecule has 7 nitrogen and oxygen atoms in total. The van der Waals surface area contributed by atoms with Crippen molar-refractivity contribution in [3.8, 4) is 11.5 Å². The van der Waals surface area contributed by atoms with Gasteiger partial charge in [0, 0.05) is 11.8 Å². The van der Waals surface area contributed by atoms with Gasteiger partial charge in [0.1, 0.15) is 40.6 Å². The third-order valence-electron chi connectivity index (χ3n) is 5.31. The Hall–Kier alpha value is -3.78. The van der Waals surface area contributed by atoms with Crippen LogP contribution in [0.1, 0.15) is 23.1 Å². The lowest BCUT2D eigenvalue weighted by molar-refractivity contribution is -0.132. The summed E-state index contributed by atoms with van der Waals surface area (Å²) in [4.78, 5) is 27.4. The van der Waals surface area contributed by atoms with Crippen LogP contribution in [-0.4, -0.2) is 31.0 Å². The number of ether oxygens (including phenoxy) is 2. The number of halogens is 2. The van der Waals surface area contributed by atoms with E-state index in [1.54, 1.807) is 19.1 Å². The maximum absolute atomic E-state index is 13.5. The molecule has 1 saturated heterocycles. The molecule has 2 heterocycles. The maximum Gasteiger partial charge on any atom is 0.300 e. The van der Waals surface area contributed by atoms with Crippen molar-refractivity contribution in [3.63, 3.8) is 0 Å². The van der Waals surface area contributed by atoms with Crippen LogP contribution < -0.4 is 14.4 Å². The molecule has 4 rings (SSSR count). The minimum absolute atomic E-state index is 0.101. The van der Waals surface area contributed by atoms with Crippen molar-refractivity contribution < 1.29 is 33.0 Å². The Morgan fingerprint density at radius 1 is 1.06 bits per heavy atom. The SMILES string of the molecule is COc1cc(/C(O)=C2\C(=O)C(=O)N(c3ccc(F)cc3)C2c2ccc(C)o2)c(OC)cc1Cl. The van der Waals surface area contributed by atoms with E-state index in [1.165, 1.54) is 50.6 Å². The zero-order valence-electron chi connectivity index (χ0n) is 17.9. The monoisotopic (exact) mass is 471 g/mol. The highest BCUT2D eigenvalue weighted by atomic mass is 35.5. The highest BCUT2D eigenvalue weighted by molar-refractivity contribution is 6.51. The second-order valence-corrected chi connectivity index (χ2v) is 7.69. The van der Waals surface area contributed by atoms with Crippen molar-refractivity contribution in [3.05, 3.63) is 82.0 Å². The number of aryl methyl sites for hydroxylation is 1. The van der Waals surface area contributed by atoms with E-state index in [-0.39, 0.29) is 39.1 Å². The first-order valence-electron chi connectivity index (χ1n) is 9.81. The van der Waals surface area contributed by atoms with Gasteiger partial charge in [-0.2, -0.15) is 0 Å². The van der Waals surface area contributed by atoms with E-state index in [1.807, 2.05) is 0 Å². The van der Waals surface area contributed by atoms with Gasteiger partial charge in [-0.1, -0.05) is 11.6 Å². The first-order chi connectivity index (χ1) is 15.8. The first kappa shape index (κ1) is 22.4. The molecule has 9 heteroatoms. The van der Waals surface area contributed by atoms with Gasteiger partial charge in [-0.05, 0) is 49.4 Å². The van der Waals surface area contributed by atoms with Gasteiger partial charge in [-0.3, -0.25) is 14.5 Å². The van der Waals surface area contributed by atoms with Gasteiger partial charge in [-0.25, -0.2) is 4.39 Å². The van der Waals surface area contributed by atoms with E-state index < -0.39 is 29.3 Å². The standard InChI is InChI=1S/C24H19ClFNO6/c1-12-4-9-17(33-12)21-20(22(28)15-10-19(32-3)16(25)11-18(15)31-2)23(29)24(30)27(21)14-7-5-13(26)6-8-14/h4-11,21,28H,1-3H3/b22-20+. The number of carbonyl (C=O) groups is 2. The number of hydrogen-bond donors (Lipinski definition) is 1. The Labute approximate surface area is 193 Å². The van der Waals surface area contributed by atoms with Crippen molar-refractivity contribution in [2.45, 2.75) is 13.0 Å². The Balaban J connectivity index is 1.98. The second kappa shape index (κ2) is 8.63. The summed E-state index contributed by atoms with van der Waals surface area (Å²) in [5.74, 6) is -1.65. The largest absolute Gasteiger partial charge is 0.507 e. The minimum Gasteiger partial charge on any atom is -0.507 e. The number of aliphatic hydroxyl groups is 1. The van der Waals surface area contributed by atoms with E-state index in [0.717, 1.165) is 4.90 Å². The molecule has 2 aromatic carbocycles. The molecule has 1 aliphatic rings. The molecule has 1 atom stereocenters. The molecule has 1 amide bonds. The van der Waals surface area contributed by atoms with Gasteiger partial charge in [0.2, 0.25) is 0 Å². The summed E-state index contributed by atoms with van der Waals surface area (Å²) in [5.41, 5.74) is 0.141. The quantitative estimate of drug-likeness (QED) is 0.319. The van der Waals surface area contributed by atoms with Crippen LogP contribution in [-0.2, 0) is 9.59 Å². The predicted molar refractivity (Wildman–Crippen MR) is 119 cm³/mol. The number of rotatable bonds is 5. The summed E-state index contributed by atoms with van der Waals surface area (Å²) in [6.07, 6.45) is 0. The van der Waals surface area contributed by atoms with Crippen LogP contribution in [0.25, 0.3) is 5.76 Å². The Kier molecular flexibility index (Phi) is 5.86. The predicted octanol–water partition coefficient (Wildman–Crippen LogP) is 5.02. The van der Waals surface area contributed by atoms with Crippen LogP contribution in [0.4, 0.5) is 10.1 Å². The van der Waals surface area contributed by atoms with Crippen LogP contribution in [0, 0.1) is 12.7 Å². The molecule has 1 N–H and O–H groups in total. The number of benzene rings is 2. The fraction of sp³-hybridized carbons (Fsp3) is 0.167. The summed E-state index contributed by atoms with van der Waals surface area (Å²) < 4.78 is 29.8. The van der Waals surface area contributed by atoms with Gasteiger partial charge in [-0.15, -0.1) is 0 Å². The zero-order chi connectivity index (χ0) is 23.9. The summed E-state index contributed by atoms with van der Waals surface area (Å²) in [6.45, 7) is 1.71. The lowest BCUT2D eigenvalue weighted by Crippen LogP contribution is -2.29. The van der Waals surface area contributed by atoms with E-state index in [0.29, 0.717) is 5.76 Å². The molecule has 0 radical (unpaired) electrons.